The van der Waals surface area contributed by atoms with Gasteiger partial charge in [0, 0.05) is 29.6 Å². The lowest BCUT2D eigenvalue weighted by molar-refractivity contribution is 0.0543. The van der Waals surface area contributed by atoms with Crippen LogP contribution in [0.1, 0.15) is 24.2 Å². The van der Waals surface area contributed by atoms with Gasteiger partial charge in [0.2, 0.25) is 0 Å². The fourth-order valence-electron chi connectivity index (χ4n) is 3.39. The van der Waals surface area contributed by atoms with E-state index in [-0.39, 0.29) is 5.41 Å². The number of hydrogen-bond donors (Lipinski definition) is 1. The number of fused-ring (bicyclic) bond motifs is 1. The molecule has 0 amide bonds. The summed E-state index contributed by atoms with van der Waals surface area (Å²) in [7, 11) is 0. The second-order valence-electron chi connectivity index (χ2n) is 6.48. The minimum atomic E-state index is 0.0386. The first-order chi connectivity index (χ1) is 12.1. The topological polar surface area (TPSA) is 64.3 Å². The van der Waals surface area contributed by atoms with Gasteiger partial charge >= 0.3 is 0 Å². The van der Waals surface area contributed by atoms with Crippen LogP contribution in [0.5, 0.6) is 0 Å². The summed E-state index contributed by atoms with van der Waals surface area (Å²) >= 11 is 3.60. The molecule has 0 saturated carbocycles. The number of ether oxygens (including phenoxy) is 1. The van der Waals surface area contributed by atoms with Gasteiger partial charge in [0.15, 0.2) is 5.65 Å². The van der Waals surface area contributed by atoms with Crippen LogP contribution in [0, 0.1) is 6.92 Å². The van der Waals surface area contributed by atoms with Gasteiger partial charge in [-0.25, -0.2) is 4.98 Å². The van der Waals surface area contributed by atoms with Crippen LogP contribution in [0.25, 0.3) is 5.65 Å². The average Bonchev–Trinajstić information content (AvgIpc) is 3.00. The van der Waals surface area contributed by atoms with E-state index in [1.807, 2.05) is 19.1 Å². The molecule has 1 aliphatic rings. The summed E-state index contributed by atoms with van der Waals surface area (Å²) in [4.78, 5) is 4.32. The van der Waals surface area contributed by atoms with Crippen LogP contribution in [0.15, 0.2) is 40.9 Å². The molecule has 130 valence electrons. The quantitative estimate of drug-likeness (QED) is 0.725. The van der Waals surface area contributed by atoms with Crippen molar-refractivity contribution in [1.82, 2.24) is 19.8 Å². The maximum Gasteiger partial charge on any atom is 0.176 e. The lowest BCUT2D eigenvalue weighted by Crippen LogP contribution is -2.40. The Morgan fingerprint density at radius 1 is 1.20 bits per heavy atom. The van der Waals surface area contributed by atoms with E-state index in [1.54, 1.807) is 4.63 Å². The van der Waals surface area contributed by atoms with E-state index in [1.165, 1.54) is 5.56 Å². The standard InChI is InChI=1S/C18H20BrN5O/c1-13-21-17-6-5-16(23-24(17)22-13)20-12-18(7-9-25-10-8-18)14-3-2-4-15(19)11-14/h2-6,11H,7-10,12H2,1H3,(H,20,23). The van der Waals surface area contributed by atoms with Gasteiger partial charge in [-0.05, 0) is 49.6 Å². The number of nitrogens with one attached hydrogen (secondary N) is 1. The summed E-state index contributed by atoms with van der Waals surface area (Å²) in [6.45, 7) is 4.23. The van der Waals surface area contributed by atoms with Crippen LogP contribution in [-0.4, -0.2) is 39.6 Å². The summed E-state index contributed by atoms with van der Waals surface area (Å²) in [6.07, 6.45) is 1.97. The van der Waals surface area contributed by atoms with Gasteiger partial charge in [-0.2, -0.15) is 0 Å². The first-order valence-electron chi connectivity index (χ1n) is 8.43. The molecule has 6 nitrogen and oxygen atoms in total. The molecule has 3 heterocycles. The van der Waals surface area contributed by atoms with E-state index in [0.717, 1.165) is 54.4 Å². The Morgan fingerprint density at radius 2 is 2.04 bits per heavy atom. The Hall–Kier alpha value is -1.99. The number of aryl methyl sites for hydroxylation is 1. The molecule has 1 aliphatic heterocycles. The summed E-state index contributed by atoms with van der Waals surface area (Å²) in [5.74, 6) is 1.53. The fraction of sp³-hybridized carbons (Fsp3) is 0.389. The van der Waals surface area contributed by atoms with E-state index < -0.39 is 0 Å². The molecular formula is C18H20BrN5O. The zero-order valence-electron chi connectivity index (χ0n) is 14.1. The summed E-state index contributed by atoms with van der Waals surface area (Å²) in [5.41, 5.74) is 2.13. The highest BCUT2D eigenvalue weighted by Gasteiger charge is 2.34. The normalized spacial score (nSPS) is 16.9. The van der Waals surface area contributed by atoms with Gasteiger partial charge < -0.3 is 10.1 Å². The van der Waals surface area contributed by atoms with Crippen molar-refractivity contribution in [2.75, 3.05) is 25.1 Å². The molecule has 0 unspecified atom stereocenters. The molecule has 0 spiro atoms. The molecule has 1 aromatic carbocycles. The monoisotopic (exact) mass is 401 g/mol. The lowest BCUT2D eigenvalue weighted by atomic mass is 9.74. The molecule has 0 atom stereocenters. The molecule has 1 fully saturated rings. The number of hydrogen-bond acceptors (Lipinski definition) is 5. The van der Waals surface area contributed by atoms with Crippen molar-refractivity contribution in [2.45, 2.75) is 25.2 Å². The number of nitrogens with zero attached hydrogens (tertiary/aromatic N) is 4. The molecule has 25 heavy (non-hydrogen) atoms. The smallest absolute Gasteiger partial charge is 0.176 e. The van der Waals surface area contributed by atoms with Crippen molar-refractivity contribution in [2.24, 2.45) is 0 Å². The molecule has 0 bridgehead atoms. The third-order valence-electron chi connectivity index (χ3n) is 4.81. The van der Waals surface area contributed by atoms with Crippen molar-refractivity contribution in [3.63, 3.8) is 0 Å². The van der Waals surface area contributed by atoms with E-state index in [0.29, 0.717) is 0 Å². The highest BCUT2D eigenvalue weighted by molar-refractivity contribution is 9.10. The Morgan fingerprint density at radius 3 is 2.84 bits per heavy atom. The summed E-state index contributed by atoms with van der Waals surface area (Å²) in [5, 5.41) is 12.3. The van der Waals surface area contributed by atoms with Crippen LogP contribution < -0.4 is 5.32 Å². The van der Waals surface area contributed by atoms with E-state index in [9.17, 15) is 0 Å². The first-order valence-corrected chi connectivity index (χ1v) is 9.22. The highest BCUT2D eigenvalue weighted by atomic mass is 79.9. The average molecular weight is 402 g/mol. The Balaban J connectivity index is 1.59. The lowest BCUT2D eigenvalue weighted by Gasteiger charge is -2.38. The van der Waals surface area contributed by atoms with Gasteiger partial charge in [0.25, 0.3) is 0 Å². The van der Waals surface area contributed by atoms with Gasteiger partial charge in [0.1, 0.15) is 11.6 Å². The van der Waals surface area contributed by atoms with Gasteiger partial charge in [-0.3, -0.25) is 0 Å². The van der Waals surface area contributed by atoms with Crippen molar-refractivity contribution in [3.8, 4) is 0 Å². The van der Waals surface area contributed by atoms with Crippen molar-refractivity contribution < 1.29 is 4.74 Å². The summed E-state index contributed by atoms with van der Waals surface area (Å²) < 4.78 is 8.29. The Labute approximate surface area is 154 Å². The maximum absolute atomic E-state index is 5.61. The maximum atomic E-state index is 5.61. The summed E-state index contributed by atoms with van der Waals surface area (Å²) in [6, 6.07) is 12.5. The number of rotatable bonds is 4. The zero-order chi connectivity index (χ0) is 17.3. The van der Waals surface area contributed by atoms with Crippen LogP contribution in [0.2, 0.25) is 0 Å². The molecule has 0 aliphatic carbocycles. The SMILES string of the molecule is Cc1nc2ccc(NCC3(c4cccc(Br)c4)CCOCC3)nn2n1. The van der Waals surface area contributed by atoms with Crippen molar-refractivity contribution >= 4 is 27.4 Å². The molecule has 1 saturated heterocycles. The molecule has 7 heteroatoms. The molecule has 4 rings (SSSR count). The first kappa shape index (κ1) is 16.5. The van der Waals surface area contributed by atoms with E-state index >= 15 is 0 Å². The third kappa shape index (κ3) is 3.39. The van der Waals surface area contributed by atoms with Crippen LogP contribution in [0.4, 0.5) is 5.82 Å². The van der Waals surface area contributed by atoms with Crippen LogP contribution in [-0.2, 0) is 10.2 Å². The van der Waals surface area contributed by atoms with Crippen LogP contribution in [0.3, 0.4) is 0 Å². The van der Waals surface area contributed by atoms with Crippen molar-refractivity contribution in [1.29, 1.82) is 0 Å². The predicted molar refractivity (Wildman–Crippen MR) is 99.9 cm³/mol. The van der Waals surface area contributed by atoms with Crippen molar-refractivity contribution in [3.05, 3.63) is 52.3 Å². The largest absolute Gasteiger partial charge is 0.381 e. The predicted octanol–water partition coefficient (Wildman–Crippen LogP) is 3.36. The van der Waals surface area contributed by atoms with Gasteiger partial charge in [-0.1, -0.05) is 28.1 Å². The number of halogens is 1. The van der Waals surface area contributed by atoms with Gasteiger partial charge in [0.05, 0.1) is 0 Å². The molecule has 1 N–H and O–H groups in total. The number of benzene rings is 1. The third-order valence-corrected chi connectivity index (χ3v) is 5.30. The molecule has 2 aromatic heterocycles. The van der Waals surface area contributed by atoms with E-state index in [4.69, 9.17) is 4.74 Å². The Bertz CT molecular complexity index is 888. The molecule has 3 aromatic rings. The number of aromatic nitrogens is 4. The fourth-order valence-corrected chi connectivity index (χ4v) is 3.79. The second kappa shape index (κ2) is 6.72. The number of anilines is 1. The second-order valence-corrected chi connectivity index (χ2v) is 7.40. The van der Waals surface area contributed by atoms with Crippen LogP contribution >= 0.6 is 15.9 Å². The zero-order valence-corrected chi connectivity index (χ0v) is 15.7. The minimum absolute atomic E-state index is 0.0386. The minimum Gasteiger partial charge on any atom is -0.381 e. The molecule has 0 radical (unpaired) electrons. The highest BCUT2D eigenvalue weighted by Crippen LogP contribution is 2.36. The van der Waals surface area contributed by atoms with Gasteiger partial charge in [-0.15, -0.1) is 14.8 Å². The molecular weight excluding hydrogens is 382 g/mol. The Kier molecular flexibility index (Phi) is 4.43. The van der Waals surface area contributed by atoms with E-state index in [2.05, 4.69) is 60.7 Å².